The third kappa shape index (κ3) is 6.04. The van der Waals surface area contributed by atoms with Crippen LogP contribution in [0.15, 0.2) is 73.1 Å². The second-order valence-corrected chi connectivity index (χ2v) is 8.07. The standard InChI is InChI=1S/C27H23F3N4O2/c1-3-24-31-13-11-22(34-24)21-8-5-12-32-26(21)36-23-10-9-20(14-17(23)2)33-25(35)16-18-6-4-7-19(15-18)27(28,29)30/h4-15H,3,16H2,1-2H3,(H,33,35). The number of benzene rings is 2. The van der Waals surface area contributed by atoms with Gasteiger partial charge in [-0.3, -0.25) is 4.79 Å². The molecule has 9 heteroatoms. The van der Waals surface area contributed by atoms with Crippen LogP contribution in [0.2, 0.25) is 0 Å². The maximum absolute atomic E-state index is 12.9. The van der Waals surface area contributed by atoms with Crippen LogP contribution in [-0.2, 0) is 23.8 Å². The first-order chi connectivity index (χ1) is 17.2. The molecule has 2 aromatic carbocycles. The predicted molar refractivity (Wildman–Crippen MR) is 130 cm³/mol. The fraction of sp³-hybridized carbons (Fsp3) is 0.185. The predicted octanol–water partition coefficient (Wildman–Crippen LogP) is 6.40. The molecule has 6 nitrogen and oxygen atoms in total. The number of anilines is 1. The monoisotopic (exact) mass is 492 g/mol. The van der Waals surface area contributed by atoms with Crippen LogP contribution in [0.1, 0.15) is 29.4 Å². The Morgan fingerprint density at radius 1 is 1.00 bits per heavy atom. The van der Waals surface area contributed by atoms with Crippen LogP contribution in [0.4, 0.5) is 18.9 Å². The van der Waals surface area contributed by atoms with Crippen LogP contribution in [-0.4, -0.2) is 20.9 Å². The van der Waals surface area contributed by atoms with Crippen molar-refractivity contribution in [2.45, 2.75) is 32.9 Å². The number of hydrogen-bond donors (Lipinski definition) is 1. The number of amides is 1. The number of aryl methyl sites for hydroxylation is 2. The Hall–Kier alpha value is -4.27. The highest BCUT2D eigenvalue weighted by Gasteiger charge is 2.30. The summed E-state index contributed by atoms with van der Waals surface area (Å²) in [5.74, 6) is 1.20. The van der Waals surface area contributed by atoms with Gasteiger partial charge in [0.15, 0.2) is 0 Å². The fourth-order valence-corrected chi connectivity index (χ4v) is 3.58. The lowest BCUT2D eigenvalue weighted by atomic mass is 10.1. The van der Waals surface area contributed by atoms with Gasteiger partial charge >= 0.3 is 6.18 Å². The van der Waals surface area contributed by atoms with Crippen molar-refractivity contribution >= 4 is 11.6 Å². The van der Waals surface area contributed by atoms with E-state index < -0.39 is 17.6 Å². The molecule has 0 aliphatic heterocycles. The van der Waals surface area contributed by atoms with Crippen LogP contribution < -0.4 is 10.1 Å². The molecule has 0 saturated heterocycles. The van der Waals surface area contributed by atoms with E-state index in [4.69, 9.17) is 4.74 Å². The number of nitrogens with one attached hydrogen (secondary N) is 1. The summed E-state index contributed by atoms with van der Waals surface area (Å²) in [7, 11) is 0. The molecule has 36 heavy (non-hydrogen) atoms. The number of pyridine rings is 1. The summed E-state index contributed by atoms with van der Waals surface area (Å²) in [5, 5.41) is 2.72. The average Bonchev–Trinajstić information content (AvgIpc) is 2.85. The molecule has 0 atom stereocenters. The van der Waals surface area contributed by atoms with Crippen molar-refractivity contribution in [3.63, 3.8) is 0 Å². The Morgan fingerprint density at radius 2 is 1.83 bits per heavy atom. The van der Waals surface area contributed by atoms with Crippen LogP contribution in [0.3, 0.4) is 0 Å². The molecule has 0 radical (unpaired) electrons. The highest BCUT2D eigenvalue weighted by atomic mass is 19.4. The van der Waals surface area contributed by atoms with Crippen LogP contribution in [0.5, 0.6) is 11.6 Å². The Labute approximate surface area is 206 Å². The topological polar surface area (TPSA) is 77.0 Å². The minimum Gasteiger partial charge on any atom is -0.438 e. The first-order valence-corrected chi connectivity index (χ1v) is 11.2. The van der Waals surface area contributed by atoms with Gasteiger partial charge in [0, 0.05) is 24.5 Å². The third-order valence-corrected chi connectivity index (χ3v) is 5.35. The van der Waals surface area contributed by atoms with E-state index in [0.29, 0.717) is 40.8 Å². The summed E-state index contributed by atoms with van der Waals surface area (Å²) in [6.07, 6.45) is -0.626. The van der Waals surface area contributed by atoms with Crippen molar-refractivity contribution in [3.8, 4) is 22.9 Å². The fourth-order valence-electron chi connectivity index (χ4n) is 3.58. The number of nitrogens with zero attached hydrogens (tertiary/aromatic N) is 3. The number of carbonyl (C=O) groups excluding carboxylic acids is 1. The Balaban J connectivity index is 1.47. The number of alkyl halides is 3. The van der Waals surface area contributed by atoms with Gasteiger partial charge in [0.05, 0.1) is 23.2 Å². The van der Waals surface area contributed by atoms with Crippen molar-refractivity contribution in [3.05, 3.63) is 95.6 Å². The van der Waals surface area contributed by atoms with E-state index in [-0.39, 0.29) is 12.0 Å². The zero-order valence-corrected chi connectivity index (χ0v) is 19.6. The molecule has 0 saturated carbocycles. The molecule has 0 fully saturated rings. The Morgan fingerprint density at radius 3 is 2.58 bits per heavy atom. The van der Waals surface area contributed by atoms with Crippen molar-refractivity contribution in [2.24, 2.45) is 0 Å². The molecule has 0 aliphatic carbocycles. The summed E-state index contributed by atoms with van der Waals surface area (Å²) in [4.78, 5) is 25.6. The second kappa shape index (κ2) is 10.6. The van der Waals surface area contributed by atoms with E-state index in [2.05, 4.69) is 20.3 Å². The molecular weight excluding hydrogens is 469 g/mol. The van der Waals surface area contributed by atoms with Gasteiger partial charge in [0.1, 0.15) is 11.6 Å². The van der Waals surface area contributed by atoms with E-state index in [1.807, 2.05) is 19.9 Å². The molecule has 2 aromatic heterocycles. The van der Waals surface area contributed by atoms with Crippen LogP contribution in [0.25, 0.3) is 11.3 Å². The lowest BCUT2D eigenvalue weighted by molar-refractivity contribution is -0.137. The highest BCUT2D eigenvalue weighted by molar-refractivity contribution is 5.92. The quantitative estimate of drug-likeness (QED) is 0.323. The highest BCUT2D eigenvalue weighted by Crippen LogP contribution is 2.33. The molecule has 0 spiro atoms. The molecule has 0 unspecified atom stereocenters. The zero-order valence-electron chi connectivity index (χ0n) is 19.6. The average molecular weight is 493 g/mol. The molecule has 1 amide bonds. The maximum Gasteiger partial charge on any atom is 0.416 e. The summed E-state index contributed by atoms with van der Waals surface area (Å²) in [6.45, 7) is 3.80. The van der Waals surface area contributed by atoms with E-state index >= 15 is 0 Å². The molecule has 4 rings (SSSR count). The molecule has 1 N–H and O–H groups in total. The molecule has 0 aliphatic rings. The number of rotatable bonds is 7. The Bertz CT molecular complexity index is 1390. The van der Waals surface area contributed by atoms with Crippen molar-refractivity contribution in [1.82, 2.24) is 15.0 Å². The van der Waals surface area contributed by atoms with Gasteiger partial charge < -0.3 is 10.1 Å². The van der Waals surface area contributed by atoms with Gasteiger partial charge in [-0.2, -0.15) is 13.2 Å². The maximum atomic E-state index is 12.9. The molecular formula is C27H23F3N4O2. The number of halogens is 3. The SMILES string of the molecule is CCc1nccc(-c2cccnc2Oc2ccc(NC(=O)Cc3cccc(C(F)(F)F)c3)cc2C)n1. The number of carbonyl (C=O) groups is 1. The van der Waals surface area contributed by atoms with Crippen LogP contribution in [0, 0.1) is 6.92 Å². The van der Waals surface area contributed by atoms with E-state index in [9.17, 15) is 18.0 Å². The minimum atomic E-state index is -4.46. The van der Waals surface area contributed by atoms with E-state index in [1.54, 1.807) is 42.7 Å². The first-order valence-electron chi connectivity index (χ1n) is 11.2. The summed E-state index contributed by atoms with van der Waals surface area (Å²) < 4.78 is 44.8. The normalized spacial score (nSPS) is 11.2. The van der Waals surface area contributed by atoms with Crippen molar-refractivity contribution < 1.29 is 22.7 Å². The van der Waals surface area contributed by atoms with Gasteiger partial charge in [-0.1, -0.05) is 25.1 Å². The lowest BCUT2D eigenvalue weighted by Gasteiger charge is -2.13. The van der Waals surface area contributed by atoms with Gasteiger partial charge in [-0.25, -0.2) is 15.0 Å². The van der Waals surface area contributed by atoms with Gasteiger partial charge in [0.2, 0.25) is 11.8 Å². The lowest BCUT2D eigenvalue weighted by Crippen LogP contribution is -2.15. The summed E-state index contributed by atoms with van der Waals surface area (Å²) in [5.41, 5.74) is 2.14. The van der Waals surface area contributed by atoms with Crippen molar-refractivity contribution in [1.29, 1.82) is 0 Å². The number of hydrogen-bond acceptors (Lipinski definition) is 5. The molecule has 2 heterocycles. The Kier molecular flexibility index (Phi) is 7.28. The minimum absolute atomic E-state index is 0.183. The second-order valence-electron chi connectivity index (χ2n) is 8.07. The van der Waals surface area contributed by atoms with Crippen LogP contribution >= 0.6 is 0 Å². The van der Waals surface area contributed by atoms with Crippen molar-refractivity contribution in [2.75, 3.05) is 5.32 Å². The molecule has 0 bridgehead atoms. The van der Waals surface area contributed by atoms with E-state index in [0.717, 1.165) is 17.7 Å². The third-order valence-electron chi connectivity index (χ3n) is 5.35. The smallest absolute Gasteiger partial charge is 0.416 e. The first kappa shape index (κ1) is 24.8. The number of ether oxygens (including phenoxy) is 1. The molecule has 4 aromatic rings. The largest absolute Gasteiger partial charge is 0.438 e. The summed E-state index contributed by atoms with van der Waals surface area (Å²) in [6, 6.07) is 15.3. The van der Waals surface area contributed by atoms with Gasteiger partial charge in [-0.05, 0) is 60.5 Å². The zero-order chi connectivity index (χ0) is 25.7. The van der Waals surface area contributed by atoms with E-state index in [1.165, 1.54) is 12.1 Å². The van der Waals surface area contributed by atoms with Gasteiger partial charge in [0.25, 0.3) is 0 Å². The van der Waals surface area contributed by atoms with Gasteiger partial charge in [-0.15, -0.1) is 0 Å². The molecule has 184 valence electrons. The summed E-state index contributed by atoms with van der Waals surface area (Å²) >= 11 is 0. The number of aromatic nitrogens is 3.